The highest BCUT2D eigenvalue weighted by atomic mass is 79.9. The van der Waals surface area contributed by atoms with Crippen molar-refractivity contribution in [3.8, 4) is 5.75 Å². The molecule has 0 aliphatic rings. The van der Waals surface area contributed by atoms with Crippen molar-refractivity contribution in [3.63, 3.8) is 0 Å². The van der Waals surface area contributed by atoms with E-state index < -0.39 is 0 Å². The summed E-state index contributed by atoms with van der Waals surface area (Å²) in [5.74, 6) is 0.585. The molecule has 106 valence electrons. The van der Waals surface area contributed by atoms with Crippen LogP contribution in [0.4, 0.5) is 4.39 Å². The maximum absolute atomic E-state index is 13.4. The lowest BCUT2D eigenvalue weighted by atomic mass is 9.98. The maximum Gasteiger partial charge on any atom is 0.123 e. The van der Waals surface area contributed by atoms with Crippen LogP contribution in [0.25, 0.3) is 0 Å². The van der Waals surface area contributed by atoms with E-state index in [2.05, 4.69) is 21.2 Å². The Morgan fingerprint density at radius 2 is 2.05 bits per heavy atom. The van der Waals surface area contributed by atoms with Gasteiger partial charge in [0.25, 0.3) is 0 Å². The van der Waals surface area contributed by atoms with E-state index in [1.165, 1.54) is 6.07 Å². The van der Waals surface area contributed by atoms with E-state index in [9.17, 15) is 4.39 Å². The molecule has 0 saturated heterocycles. The average Bonchev–Trinajstić information content (AvgIpc) is 2.42. The van der Waals surface area contributed by atoms with Crippen LogP contribution < -0.4 is 10.1 Å². The fourth-order valence-corrected chi connectivity index (χ4v) is 2.77. The second-order valence-corrected chi connectivity index (χ2v) is 5.25. The fraction of sp³-hybridized carbons (Fsp3) is 0.250. The molecule has 20 heavy (non-hydrogen) atoms. The van der Waals surface area contributed by atoms with Crippen LogP contribution in [0.5, 0.6) is 5.75 Å². The summed E-state index contributed by atoms with van der Waals surface area (Å²) in [5, 5.41) is 3.22. The fourth-order valence-electron chi connectivity index (χ4n) is 2.19. The molecular formula is C16H17BrFNO. The summed E-state index contributed by atoms with van der Waals surface area (Å²) in [6.07, 6.45) is 0. The molecule has 4 heteroatoms. The van der Waals surface area contributed by atoms with Gasteiger partial charge in [-0.2, -0.15) is 0 Å². The van der Waals surface area contributed by atoms with Crippen molar-refractivity contribution in [2.45, 2.75) is 13.0 Å². The van der Waals surface area contributed by atoms with Gasteiger partial charge in [-0.1, -0.05) is 34.1 Å². The molecule has 0 aliphatic heterocycles. The smallest absolute Gasteiger partial charge is 0.123 e. The normalized spacial score (nSPS) is 12.2. The molecule has 1 unspecified atom stereocenters. The van der Waals surface area contributed by atoms with E-state index in [4.69, 9.17) is 4.74 Å². The maximum atomic E-state index is 13.4. The van der Waals surface area contributed by atoms with Gasteiger partial charge in [0.05, 0.1) is 12.6 Å². The minimum absolute atomic E-state index is 0.0734. The predicted molar refractivity (Wildman–Crippen MR) is 82.6 cm³/mol. The van der Waals surface area contributed by atoms with Gasteiger partial charge in [-0.25, -0.2) is 4.39 Å². The number of benzene rings is 2. The Labute approximate surface area is 127 Å². The Balaban J connectivity index is 2.37. The number of hydrogen-bond donors (Lipinski definition) is 1. The SMILES string of the molecule is CCOc1ccc(C(NC)c2cccc(F)c2)c(Br)c1. The van der Waals surface area contributed by atoms with Crippen molar-refractivity contribution in [1.29, 1.82) is 0 Å². The number of ether oxygens (including phenoxy) is 1. The lowest BCUT2D eigenvalue weighted by Gasteiger charge is -2.19. The van der Waals surface area contributed by atoms with Crippen molar-refractivity contribution >= 4 is 15.9 Å². The third kappa shape index (κ3) is 3.38. The van der Waals surface area contributed by atoms with Gasteiger partial charge >= 0.3 is 0 Å². The molecule has 2 nitrogen and oxygen atoms in total. The van der Waals surface area contributed by atoms with Gasteiger partial charge in [0.2, 0.25) is 0 Å². The number of hydrogen-bond acceptors (Lipinski definition) is 2. The van der Waals surface area contributed by atoms with E-state index in [1.54, 1.807) is 12.1 Å². The van der Waals surface area contributed by atoms with Crippen molar-refractivity contribution in [1.82, 2.24) is 5.32 Å². The van der Waals surface area contributed by atoms with Crippen LogP contribution in [0.1, 0.15) is 24.1 Å². The minimum atomic E-state index is -0.232. The highest BCUT2D eigenvalue weighted by Gasteiger charge is 2.16. The summed E-state index contributed by atoms with van der Waals surface area (Å²) in [5.41, 5.74) is 1.93. The monoisotopic (exact) mass is 337 g/mol. The van der Waals surface area contributed by atoms with Crippen molar-refractivity contribution in [3.05, 3.63) is 63.9 Å². The van der Waals surface area contributed by atoms with E-state index in [0.29, 0.717) is 6.61 Å². The molecule has 0 aromatic heterocycles. The summed E-state index contributed by atoms with van der Waals surface area (Å²) >= 11 is 3.56. The van der Waals surface area contributed by atoms with Crippen LogP contribution >= 0.6 is 15.9 Å². The standard InChI is InChI=1S/C16H17BrFNO/c1-3-20-13-7-8-14(15(17)10-13)16(19-2)11-5-4-6-12(18)9-11/h4-10,16,19H,3H2,1-2H3. The average molecular weight is 338 g/mol. The topological polar surface area (TPSA) is 21.3 Å². The Hall–Kier alpha value is -1.39. The van der Waals surface area contributed by atoms with Gasteiger partial charge in [0.15, 0.2) is 0 Å². The van der Waals surface area contributed by atoms with Gasteiger partial charge in [-0.15, -0.1) is 0 Å². The molecule has 0 aliphatic carbocycles. The first-order valence-corrected chi connectivity index (χ1v) is 7.30. The number of nitrogens with one attached hydrogen (secondary N) is 1. The Morgan fingerprint density at radius 3 is 2.65 bits per heavy atom. The second-order valence-electron chi connectivity index (χ2n) is 4.39. The first kappa shape index (κ1) is 15.0. The lowest BCUT2D eigenvalue weighted by Crippen LogP contribution is -2.18. The molecule has 1 atom stereocenters. The van der Waals surface area contributed by atoms with Gasteiger partial charge in [0, 0.05) is 4.47 Å². The molecule has 0 fully saturated rings. The zero-order chi connectivity index (χ0) is 14.5. The van der Waals surface area contributed by atoms with E-state index in [1.807, 2.05) is 38.2 Å². The summed E-state index contributed by atoms with van der Waals surface area (Å²) in [7, 11) is 1.86. The Morgan fingerprint density at radius 1 is 1.25 bits per heavy atom. The largest absolute Gasteiger partial charge is 0.494 e. The summed E-state index contributed by atoms with van der Waals surface area (Å²) < 4.78 is 19.8. The minimum Gasteiger partial charge on any atom is -0.494 e. The predicted octanol–water partition coefficient (Wildman–Crippen LogP) is 4.30. The molecule has 2 rings (SSSR count). The van der Waals surface area contributed by atoms with Crippen molar-refractivity contribution in [2.24, 2.45) is 0 Å². The van der Waals surface area contributed by atoms with Gasteiger partial charge in [-0.05, 0) is 49.4 Å². The number of rotatable bonds is 5. The quantitative estimate of drug-likeness (QED) is 0.878. The molecule has 0 amide bonds. The number of halogens is 2. The summed E-state index contributed by atoms with van der Waals surface area (Å²) in [6.45, 7) is 2.58. The molecule has 2 aromatic carbocycles. The molecule has 0 spiro atoms. The highest BCUT2D eigenvalue weighted by Crippen LogP contribution is 2.31. The van der Waals surface area contributed by atoms with Crippen LogP contribution in [0.15, 0.2) is 46.9 Å². The van der Waals surface area contributed by atoms with Crippen LogP contribution in [0.3, 0.4) is 0 Å². The van der Waals surface area contributed by atoms with E-state index in [0.717, 1.165) is 21.3 Å². The summed E-state index contributed by atoms with van der Waals surface area (Å²) in [4.78, 5) is 0. The molecule has 1 N–H and O–H groups in total. The molecular weight excluding hydrogens is 321 g/mol. The van der Waals surface area contributed by atoms with Gasteiger partial charge in [-0.3, -0.25) is 0 Å². The Kier molecular flexibility index (Phi) is 5.15. The van der Waals surface area contributed by atoms with Gasteiger partial charge in [0.1, 0.15) is 11.6 Å². The van der Waals surface area contributed by atoms with Crippen molar-refractivity contribution < 1.29 is 9.13 Å². The highest BCUT2D eigenvalue weighted by molar-refractivity contribution is 9.10. The molecule has 2 aromatic rings. The molecule has 0 bridgehead atoms. The Bertz CT molecular complexity index is 588. The first-order valence-electron chi connectivity index (χ1n) is 6.50. The van der Waals surface area contributed by atoms with E-state index in [-0.39, 0.29) is 11.9 Å². The zero-order valence-electron chi connectivity index (χ0n) is 11.5. The molecule has 0 radical (unpaired) electrons. The summed E-state index contributed by atoms with van der Waals surface area (Å²) in [6, 6.07) is 12.4. The lowest BCUT2D eigenvalue weighted by molar-refractivity contribution is 0.340. The van der Waals surface area contributed by atoms with Crippen molar-refractivity contribution in [2.75, 3.05) is 13.7 Å². The van der Waals surface area contributed by atoms with Crippen LogP contribution in [0, 0.1) is 5.82 Å². The van der Waals surface area contributed by atoms with E-state index >= 15 is 0 Å². The first-order chi connectivity index (χ1) is 9.65. The second kappa shape index (κ2) is 6.86. The van der Waals surface area contributed by atoms with Crippen LogP contribution in [0.2, 0.25) is 0 Å². The van der Waals surface area contributed by atoms with Crippen LogP contribution in [-0.4, -0.2) is 13.7 Å². The molecule has 0 saturated carbocycles. The third-order valence-corrected chi connectivity index (χ3v) is 3.75. The van der Waals surface area contributed by atoms with Gasteiger partial charge < -0.3 is 10.1 Å². The van der Waals surface area contributed by atoms with Crippen LogP contribution in [-0.2, 0) is 0 Å². The zero-order valence-corrected chi connectivity index (χ0v) is 13.1. The third-order valence-electron chi connectivity index (χ3n) is 3.06. The molecule has 0 heterocycles.